The van der Waals surface area contributed by atoms with Crippen molar-refractivity contribution in [3.05, 3.63) is 117 Å². The number of nitrogens with one attached hydrogen (secondary N) is 4. The molecular formula is C52H72N8O8. The summed E-state index contributed by atoms with van der Waals surface area (Å²) in [6.45, 7) is 3.73. The molecule has 16 nitrogen and oxygen atoms in total. The summed E-state index contributed by atoms with van der Waals surface area (Å²) in [7, 11) is 15.6. The number of nitrogens with zero attached hydrogens (tertiary/aromatic N) is 4. The van der Waals surface area contributed by atoms with Crippen molar-refractivity contribution in [2.45, 2.75) is 25.7 Å². The minimum absolute atomic E-state index is 0.213. The summed E-state index contributed by atoms with van der Waals surface area (Å²) in [4.78, 5) is 60.9. The van der Waals surface area contributed by atoms with Crippen LogP contribution in [-0.4, -0.2) is 178 Å². The Morgan fingerprint density at radius 1 is 0.353 bits per heavy atom. The molecule has 68 heavy (non-hydrogen) atoms. The van der Waals surface area contributed by atoms with Crippen LogP contribution in [0, 0.1) is 0 Å². The first-order chi connectivity index (χ1) is 32.7. The van der Waals surface area contributed by atoms with Crippen LogP contribution in [0.2, 0.25) is 0 Å². The number of fused-ring (bicyclic) bond motifs is 8. The third kappa shape index (κ3) is 17.1. The lowest BCUT2D eigenvalue weighted by molar-refractivity contribution is -0.123. The molecular weight excluding hydrogens is 865 g/mol. The highest BCUT2D eigenvalue weighted by Crippen LogP contribution is 2.39. The molecule has 368 valence electrons. The van der Waals surface area contributed by atoms with E-state index in [2.05, 4.69) is 21.3 Å². The predicted molar refractivity (Wildman–Crippen MR) is 265 cm³/mol. The Bertz CT molecular complexity index is 1900. The second-order valence-electron chi connectivity index (χ2n) is 18.1. The molecule has 0 aliphatic heterocycles. The number of para-hydroxylation sites is 4. The van der Waals surface area contributed by atoms with Crippen molar-refractivity contribution in [3.63, 3.8) is 0 Å². The van der Waals surface area contributed by atoms with Gasteiger partial charge in [0.25, 0.3) is 23.6 Å². The number of amides is 4. The van der Waals surface area contributed by atoms with Crippen molar-refractivity contribution in [2.24, 2.45) is 0 Å². The third-order valence-electron chi connectivity index (χ3n) is 11.2. The Morgan fingerprint density at radius 2 is 0.529 bits per heavy atom. The molecule has 0 spiro atoms. The van der Waals surface area contributed by atoms with E-state index in [0.29, 0.717) is 101 Å². The lowest BCUT2D eigenvalue weighted by atomic mass is 9.91. The number of hydrogen-bond donors (Lipinski definition) is 4. The lowest BCUT2D eigenvalue weighted by Gasteiger charge is -2.23. The van der Waals surface area contributed by atoms with Crippen LogP contribution >= 0.6 is 0 Å². The van der Waals surface area contributed by atoms with Gasteiger partial charge in [-0.3, -0.25) is 19.2 Å². The number of ether oxygens (including phenoxy) is 4. The fraction of sp³-hybridized carbons (Fsp3) is 0.462. The molecule has 0 unspecified atom stereocenters. The van der Waals surface area contributed by atoms with Gasteiger partial charge < -0.3 is 59.8 Å². The van der Waals surface area contributed by atoms with Gasteiger partial charge in [0.1, 0.15) is 23.0 Å². The summed E-state index contributed by atoms with van der Waals surface area (Å²) >= 11 is 0. The zero-order valence-corrected chi connectivity index (χ0v) is 41.3. The Labute approximate surface area is 402 Å². The second-order valence-corrected chi connectivity index (χ2v) is 18.1. The van der Waals surface area contributed by atoms with E-state index in [1.54, 1.807) is 0 Å². The Balaban J connectivity index is 1.64. The highest BCUT2D eigenvalue weighted by Gasteiger charge is 2.23. The number of benzene rings is 4. The van der Waals surface area contributed by atoms with Crippen LogP contribution in [0.25, 0.3) is 0 Å². The number of carbonyl (C=O) groups excluding carboxylic acids is 4. The van der Waals surface area contributed by atoms with Gasteiger partial charge in [0.05, 0.1) is 0 Å². The van der Waals surface area contributed by atoms with Crippen LogP contribution in [0.15, 0.2) is 72.8 Å². The first-order valence-electron chi connectivity index (χ1n) is 23.3. The van der Waals surface area contributed by atoms with E-state index in [1.165, 1.54) is 0 Å². The van der Waals surface area contributed by atoms with Crippen molar-refractivity contribution >= 4 is 23.6 Å². The van der Waals surface area contributed by atoms with E-state index in [0.717, 1.165) is 44.5 Å². The maximum absolute atomic E-state index is 13.2. The number of likely N-dealkylation sites (N-methyl/N-ethyl adjacent to an activating group) is 4. The van der Waals surface area contributed by atoms with E-state index >= 15 is 0 Å². The molecule has 4 aromatic carbocycles. The van der Waals surface area contributed by atoms with Crippen LogP contribution in [0.3, 0.4) is 0 Å². The third-order valence-corrected chi connectivity index (χ3v) is 11.2. The summed E-state index contributed by atoms with van der Waals surface area (Å²) < 4.78 is 26.1. The van der Waals surface area contributed by atoms with Gasteiger partial charge in [-0.05, 0) is 101 Å². The van der Waals surface area contributed by atoms with Gasteiger partial charge in [0.15, 0.2) is 26.4 Å². The second kappa shape index (κ2) is 27.0. The van der Waals surface area contributed by atoms with Crippen molar-refractivity contribution < 1.29 is 38.1 Å². The van der Waals surface area contributed by atoms with E-state index in [-0.39, 0.29) is 50.1 Å². The number of hydrogen-bond acceptors (Lipinski definition) is 12. The molecule has 1 aliphatic carbocycles. The molecule has 0 aromatic heterocycles. The zero-order valence-electron chi connectivity index (χ0n) is 41.3. The fourth-order valence-electron chi connectivity index (χ4n) is 7.66. The number of carbonyl (C=O) groups is 4. The highest BCUT2D eigenvalue weighted by atomic mass is 16.5. The average Bonchev–Trinajstić information content (AvgIpc) is 3.27. The first-order valence-corrected chi connectivity index (χ1v) is 23.3. The van der Waals surface area contributed by atoms with E-state index < -0.39 is 0 Å². The van der Waals surface area contributed by atoms with Crippen LogP contribution < -0.4 is 40.2 Å². The molecule has 4 N–H and O–H groups in total. The van der Waals surface area contributed by atoms with Crippen molar-refractivity contribution in [3.8, 4) is 23.0 Å². The normalized spacial score (nSPS) is 12.2. The summed E-state index contributed by atoms with van der Waals surface area (Å²) in [5.74, 6) is 1.17. The van der Waals surface area contributed by atoms with Gasteiger partial charge in [-0.15, -0.1) is 0 Å². The Morgan fingerprint density at radius 3 is 0.691 bits per heavy atom. The van der Waals surface area contributed by atoms with Crippen molar-refractivity contribution in [1.82, 2.24) is 40.9 Å². The van der Waals surface area contributed by atoms with E-state index in [1.807, 2.05) is 149 Å². The van der Waals surface area contributed by atoms with Crippen LogP contribution in [-0.2, 0) is 44.9 Å². The minimum atomic E-state index is -0.252. The molecule has 0 heterocycles. The molecule has 0 atom stereocenters. The first kappa shape index (κ1) is 52.8. The zero-order chi connectivity index (χ0) is 49.0. The SMILES string of the molecule is CN(C)CCNC(=O)COc1c2cccc1Cc1cccc(c1OCC(=O)NCCN(C)C)Cc1cccc(c1OCC(=O)NCCN(C)C)Cc1cccc(c1OCC(=O)NCCN(C)C)C2. The molecule has 16 heteroatoms. The summed E-state index contributed by atoms with van der Waals surface area (Å²) in [6, 6.07) is 23.7. The number of rotatable bonds is 24. The fourth-order valence-corrected chi connectivity index (χ4v) is 7.66. The lowest BCUT2D eigenvalue weighted by Crippen LogP contribution is -2.34. The average molecular weight is 937 g/mol. The summed E-state index contributed by atoms with van der Waals surface area (Å²) in [5.41, 5.74) is 6.43. The van der Waals surface area contributed by atoms with E-state index in [9.17, 15) is 19.2 Å². The summed E-state index contributed by atoms with van der Waals surface area (Å²) in [5, 5.41) is 11.8. The quantitative estimate of drug-likeness (QED) is 0.0717. The van der Waals surface area contributed by atoms with Crippen LogP contribution in [0.4, 0.5) is 0 Å². The summed E-state index contributed by atoms with van der Waals surface area (Å²) in [6.07, 6.45) is 1.35. The van der Waals surface area contributed by atoms with Crippen LogP contribution in [0.1, 0.15) is 44.5 Å². The molecule has 0 radical (unpaired) electrons. The van der Waals surface area contributed by atoms with Crippen LogP contribution in [0.5, 0.6) is 23.0 Å². The molecule has 4 aromatic rings. The Kier molecular flexibility index (Phi) is 20.9. The highest BCUT2D eigenvalue weighted by molar-refractivity contribution is 5.79. The maximum Gasteiger partial charge on any atom is 0.257 e. The Hall–Kier alpha value is -6.20. The van der Waals surface area contributed by atoms with Gasteiger partial charge in [0, 0.05) is 78.0 Å². The van der Waals surface area contributed by atoms with Gasteiger partial charge in [-0.1, -0.05) is 72.8 Å². The molecule has 8 bridgehead atoms. The smallest absolute Gasteiger partial charge is 0.257 e. The minimum Gasteiger partial charge on any atom is -0.483 e. The monoisotopic (exact) mass is 937 g/mol. The van der Waals surface area contributed by atoms with Gasteiger partial charge in [-0.2, -0.15) is 0 Å². The molecule has 5 rings (SSSR count). The molecule has 0 saturated carbocycles. The molecule has 0 fully saturated rings. The van der Waals surface area contributed by atoms with Gasteiger partial charge in [-0.25, -0.2) is 0 Å². The molecule has 4 amide bonds. The predicted octanol–water partition coefficient (Wildman–Crippen LogP) is 2.59. The molecule has 0 saturated heterocycles. The maximum atomic E-state index is 13.2. The van der Waals surface area contributed by atoms with Crippen molar-refractivity contribution in [1.29, 1.82) is 0 Å². The van der Waals surface area contributed by atoms with Gasteiger partial charge >= 0.3 is 0 Å². The van der Waals surface area contributed by atoms with E-state index in [4.69, 9.17) is 18.9 Å². The van der Waals surface area contributed by atoms with Crippen molar-refractivity contribution in [2.75, 3.05) is 135 Å². The standard InChI is InChI=1S/C52H72N8O8/c1-57(2)25-21-53-45(61)33-65-49-37-13-9-14-38(49)30-40-16-11-18-42(51(40)67-35-47(63)55-23-27-59(5)6)32-44-20-12-19-43(52(44)68-36-48(64)56-24-28-60(7)8)31-41-17-10-15-39(29-37)50(41)66-34-46(62)54-22-26-58(3)4/h9-20H,21-36H2,1-8H3,(H,53,61)(H,54,62)(H,55,63)(H,56,64). The van der Waals surface area contributed by atoms with Gasteiger partial charge in [0.2, 0.25) is 0 Å². The molecule has 1 aliphatic rings. The topological polar surface area (TPSA) is 166 Å². The largest absolute Gasteiger partial charge is 0.483 e.